The van der Waals surface area contributed by atoms with Crippen LogP contribution >= 0.6 is 0 Å². The molecular weight excluding hydrogens is 204 g/mol. The van der Waals surface area contributed by atoms with E-state index in [2.05, 4.69) is 10.3 Å². The summed E-state index contributed by atoms with van der Waals surface area (Å²) in [5.74, 6) is 0.973. The van der Waals surface area contributed by atoms with Gasteiger partial charge in [-0.1, -0.05) is 0 Å². The molecule has 0 spiro atoms. The summed E-state index contributed by atoms with van der Waals surface area (Å²) >= 11 is 0. The van der Waals surface area contributed by atoms with Gasteiger partial charge in [0.1, 0.15) is 5.82 Å². The highest BCUT2D eigenvalue weighted by atomic mass is 16.3. The molecule has 1 aromatic rings. The van der Waals surface area contributed by atoms with Crippen LogP contribution in [0, 0.1) is 0 Å². The standard InChI is InChI=1S/C11H22N4O/c1-11(16,9-14(2)3)8-12-7-10-13-5-6-15(10)4/h5-6,12,16H,7-9H2,1-4H3. The van der Waals surface area contributed by atoms with Crippen LogP contribution in [0.1, 0.15) is 12.7 Å². The van der Waals surface area contributed by atoms with Gasteiger partial charge in [-0.15, -0.1) is 0 Å². The minimum atomic E-state index is -0.714. The topological polar surface area (TPSA) is 53.3 Å². The lowest BCUT2D eigenvalue weighted by molar-refractivity contribution is 0.0334. The fraction of sp³-hybridized carbons (Fsp3) is 0.727. The van der Waals surface area contributed by atoms with E-state index >= 15 is 0 Å². The highest BCUT2D eigenvalue weighted by Crippen LogP contribution is 2.03. The van der Waals surface area contributed by atoms with Gasteiger partial charge in [-0.2, -0.15) is 0 Å². The fourth-order valence-electron chi connectivity index (χ4n) is 1.75. The molecule has 1 rings (SSSR count). The van der Waals surface area contributed by atoms with Crippen molar-refractivity contribution in [2.45, 2.75) is 19.1 Å². The van der Waals surface area contributed by atoms with Gasteiger partial charge in [-0.25, -0.2) is 4.98 Å². The minimum Gasteiger partial charge on any atom is -0.388 e. The molecule has 16 heavy (non-hydrogen) atoms. The molecule has 1 heterocycles. The molecule has 0 aliphatic heterocycles. The smallest absolute Gasteiger partial charge is 0.122 e. The third kappa shape index (κ3) is 4.30. The maximum Gasteiger partial charge on any atom is 0.122 e. The Balaban J connectivity index is 2.32. The summed E-state index contributed by atoms with van der Waals surface area (Å²) in [6.07, 6.45) is 3.68. The molecule has 0 aliphatic rings. The number of aryl methyl sites for hydroxylation is 1. The Labute approximate surface area is 97.1 Å². The molecule has 0 aromatic carbocycles. The Bertz CT molecular complexity index is 320. The van der Waals surface area contributed by atoms with Crippen LogP contribution in [0.25, 0.3) is 0 Å². The third-order valence-electron chi connectivity index (χ3n) is 2.37. The zero-order valence-electron chi connectivity index (χ0n) is 10.6. The van der Waals surface area contributed by atoms with Gasteiger partial charge < -0.3 is 19.9 Å². The van der Waals surface area contributed by atoms with Crippen molar-refractivity contribution in [2.75, 3.05) is 27.2 Å². The van der Waals surface area contributed by atoms with E-state index in [1.165, 1.54) is 0 Å². The summed E-state index contributed by atoms with van der Waals surface area (Å²) in [6, 6.07) is 0. The molecule has 92 valence electrons. The van der Waals surface area contributed by atoms with Crippen molar-refractivity contribution in [3.05, 3.63) is 18.2 Å². The molecule has 0 fully saturated rings. The van der Waals surface area contributed by atoms with Gasteiger partial charge in [-0.3, -0.25) is 0 Å². The molecule has 0 saturated carbocycles. The predicted molar refractivity (Wildman–Crippen MR) is 64.1 cm³/mol. The fourth-order valence-corrected chi connectivity index (χ4v) is 1.75. The number of aliphatic hydroxyl groups is 1. The SMILES string of the molecule is CN(C)CC(C)(O)CNCc1nccn1C. The van der Waals surface area contributed by atoms with E-state index in [9.17, 15) is 5.11 Å². The molecule has 0 saturated heterocycles. The maximum absolute atomic E-state index is 10.1. The normalized spacial score (nSPS) is 15.4. The van der Waals surface area contributed by atoms with Gasteiger partial charge >= 0.3 is 0 Å². The van der Waals surface area contributed by atoms with E-state index in [0.29, 0.717) is 19.6 Å². The van der Waals surface area contributed by atoms with Crippen LogP contribution in [0.4, 0.5) is 0 Å². The van der Waals surface area contributed by atoms with Gasteiger partial charge in [0.2, 0.25) is 0 Å². The summed E-state index contributed by atoms with van der Waals surface area (Å²) < 4.78 is 1.97. The van der Waals surface area contributed by atoms with Crippen LogP contribution in [-0.4, -0.2) is 52.3 Å². The molecular formula is C11H22N4O. The summed E-state index contributed by atoms with van der Waals surface area (Å²) in [4.78, 5) is 6.18. The summed E-state index contributed by atoms with van der Waals surface area (Å²) in [5, 5.41) is 13.3. The van der Waals surface area contributed by atoms with Crippen molar-refractivity contribution in [1.82, 2.24) is 19.8 Å². The minimum absolute atomic E-state index is 0.554. The summed E-state index contributed by atoms with van der Waals surface area (Å²) in [7, 11) is 5.86. The molecule has 1 atom stereocenters. The number of likely N-dealkylation sites (N-methyl/N-ethyl adjacent to an activating group) is 1. The van der Waals surface area contributed by atoms with Crippen molar-refractivity contribution >= 4 is 0 Å². The monoisotopic (exact) mass is 226 g/mol. The van der Waals surface area contributed by atoms with Crippen LogP contribution < -0.4 is 5.32 Å². The average Bonchev–Trinajstić information content (AvgIpc) is 2.49. The molecule has 0 amide bonds. The first-order valence-electron chi connectivity index (χ1n) is 5.45. The number of nitrogens with zero attached hydrogens (tertiary/aromatic N) is 3. The predicted octanol–water partition coefficient (Wildman–Crippen LogP) is -0.178. The van der Waals surface area contributed by atoms with Crippen LogP contribution in [0.2, 0.25) is 0 Å². The molecule has 1 aromatic heterocycles. The second kappa shape index (κ2) is 5.43. The van der Waals surface area contributed by atoms with E-state index < -0.39 is 5.60 Å². The molecule has 0 radical (unpaired) electrons. The lowest BCUT2D eigenvalue weighted by Gasteiger charge is -2.27. The number of nitrogens with one attached hydrogen (secondary N) is 1. The number of imidazole rings is 1. The third-order valence-corrected chi connectivity index (χ3v) is 2.37. The Morgan fingerprint density at radius 3 is 2.75 bits per heavy atom. The van der Waals surface area contributed by atoms with Crippen molar-refractivity contribution in [3.8, 4) is 0 Å². The van der Waals surface area contributed by atoms with Crippen LogP contribution in [0.5, 0.6) is 0 Å². The molecule has 2 N–H and O–H groups in total. The van der Waals surface area contributed by atoms with Crippen LogP contribution in [0.3, 0.4) is 0 Å². The highest BCUT2D eigenvalue weighted by molar-refractivity contribution is 4.91. The Morgan fingerprint density at radius 2 is 2.25 bits per heavy atom. The lowest BCUT2D eigenvalue weighted by Crippen LogP contribution is -2.45. The molecule has 1 unspecified atom stereocenters. The van der Waals surface area contributed by atoms with Gasteiger partial charge in [0.05, 0.1) is 12.1 Å². The van der Waals surface area contributed by atoms with Crippen molar-refractivity contribution in [1.29, 1.82) is 0 Å². The zero-order valence-corrected chi connectivity index (χ0v) is 10.6. The second-order valence-electron chi connectivity index (χ2n) is 4.79. The van der Waals surface area contributed by atoms with Crippen LogP contribution in [-0.2, 0) is 13.6 Å². The quantitative estimate of drug-likeness (QED) is 0.707. The first-order valence-corrected chi connectivity index (χ1v) is 5.45. The van der Waals surface area contributed by atoms with Gasteiger partial charge in [0.15, 0.2) is 0 Å². The van der Waals surface area contributed by atoms with Crippen molar-refractivity contribution < 1.29 is 5.11 Å². The maximum atomic E-state index is 10.1. The second-order valence-corrected chi connectivity index (χ2v) is 4.79. The van der Waals surface area contributed by atoms with Gasteiger partial charge in [0, 0.05) is 32.5 Å². The van der Waals surface area contributed by atoms with Crippen molar-refractivity contribution in [2.24, 2.45) is 7.05 Å². The van der Waals surface area contributed by atoms with E-state index in [1.807, 2.05) is 43.7 Å². The number of aromatic nitrogens is 2. The molecule has 5 heteroatoms. The number of hydrogen-bond donors (Lipinski definition) is 2. The zero-order chi connectivity index (χ0) is 12.2. The van der Waals surface area contributed by atoms with E-state index in [0.717, 1.165) is 5.82 Å². The lowest BCUT2D eigenvalue weighted by atomic mass is 10.1. The number of hydrogen-bond acceptors (Lipinski definition) is 4. The van der Waals surface area contributed by atoms with E-state index in [-0.39, 0.29) is 0 Å². The molecule has 5 nitrogen and oxygen atoms in total. The molecule has 0 bridgehead atoms. The Kier molecular flexibility index (Phi) is 4.46. The number of rotatable bonds is 6. The Morgan fingerprint density at radius 1 is 1.56 bits per heavy atom. The van der Waals surface area contributed by atoms with E-state index in [1.54, 1.807) is 6.20 Å². The first-order chi connectivity index (χ1) is 7.41. The van der Waals surface area contributed by atoms with Crippen LogP contribution in [0.15, 0.2) is 12.4 Å². The van der Waals surface area contributed by atoms with Crippen molar-refractivity contribution in [3.63, 3.8) is 0 Å². The average molecular weight is 226 g/mol. The summed E-state index contributed by atoms with van der Waals surface area (Å²) in [5.41, 5.74) is -0.714. The summed E-state index contributed by atoms with van der Waals surface area (Å²) in [6.45, 7) is 3.70. The van der Waals surface area contributed by atoms with Gasteiger partial charge in [0.25, 0.3) is 0 Å². The Hall–Kier alpha value is -0.910. The largest absolute Gasteiger partial charge is 0.388 e. The van der Waals surface area contributed by atoms with Gasteiger partial charge in [-0.05, 0) is 21.0 Å². The highest BCUT2D eigenvalue weighted by Gasteiger charge is 2.20. The molecule has 0 aliphatic carbocycles. The first kappa shape index (κ1) is 13.2. The van der Waals surface area contributed by atoms with E-state index in [4.69, 9.17) is 0 Å².